The number of rotatable bonds is 11. The number of hydrogen-bond acceptors (Lipinski definition) is 8. The van der Waals surface area contributed by atoms with Crippen LogP contribution in [-0.2, 0) is 11.3 Å². The lowest BCUT2D eigenvalue weighted by molar-refractivity contribution is -0.133. The summed E-state index contributed by atoms with van der Waals surface area (Å²) < 4.78 is 5.67. The van der Waals surface area contributed by atoms with Crippen molar-refractivity contribution in [3.8, 4) is 5.88 Å². The van der Waals surface area contributed by atoms with E-state index in [1.54, 1.807) is 6.20 Å². The molecule has 1 saturated carbocycles. The second-order valence-corrected chi connectivity index (χ2v) is 13.8. The van der Waals surface area contributed by atoms with Gasteiger partial charge in [-0.05, 0) is 86.5 Å². The van der Waals surface area contributed by atoms with Crippen LogP contribution >= 0.6 is 0 Å². The number of pyridine rings is 1. The van der Waals surface area contributed by atoms with Crippen molar-refractivity contribution in [1.29, 1.82) is 0 Å². The molecule has 1 spiro atoms. The molecule has 2 aromatic heterocycles. The Bertz CT molecular complexity index is 1490. The highest BCUT2D eigenvalue weighted by Crippen LogP contribution is 2.48. The summed E-state index contributed by atoms with van der Waals surface area (Å²) in [6.07, 6.45) is 7.04. The Morgan fingerprint density at radius 1 is 1.16 bits per heavy atom. The molecule has 2 N–H and O–H groups in total. The first kappa shape index (κ1) is 32.2. The molecule has 2 amide bonds. The minimum atomic E-state index is -0.629. The van der Waals surface area contributed by atoms with Crippen LogP contribution in [-0.4, -0.2) is 60.3 Å². The van der Waals surface area contributed by atoms with Crippen molar-refractivity contribution >= 4 is 17.5 Å². The number of benzene rings is 1. The molecule has 3 aromatic rings. The van der Waals surface area contributed by atoms with Gasteiger partial charge in [0.15, 0.2) is 5.82 Å². The van der Waals surface area contributed by atoms with Crippen LogP contribution in [0.1, 0.15) is 113 Å². The fourth-order valence-electron chi connectivity index (χ4n) is 6.53. The summed E-state index contributed by atoms with van der Waals surface area (Å²) in [6.45, 7) is 13.8. The van der Waals surface area contributed by atoms with Crippen LogP contribution in [0.5, 0.6) is 5.88 Å². The molecule has 1 aliphatic carbocycles. The Morgan fingerprint density at radius 2 is 1.89 bits per heavy atom. The smallest absolute Gasteiger partial charge is 0.275 e. The third-order valence-corrected chi connectivity index (χ3v) is 9.10. The Hall–Kier alpha value is -4.15. The molecular formula is C34H46N8O3. The minimum Gasteiger partial charge on any atom is -0.478 e. The van der Waals surface area contributed by atoms with Crippen molar-refractivity contribution in [1.82, 2.24) is 35.8 Å². The van der Waals surface area contributed by atoms with E-state index >= 15 is 0 Å². The number of aromatic nitrogens is 5. The van der Waals surface area contributed by atoms with Gasteiger partial charge in [0.05, 0.1) is 19.2 Å². The number of nitrogens with zero attached hydrogens (tertiary/aromatic N) is 6. The van der Waals surface area contributed by atoms with Crippen molar-refractivity contribution < 1.29 is 14.3 Å². The van der Waals surface area contributed by atoms with Gasteiger partial charge in [-0.2, -0.15) is 5.21 Å². The van der Waals surface area contributed by atoms with E-state index in [0.29, 0.717) is 41.4 Å². The third kappa shape index (κ3) is 7.40. The molecule has 0 radical (unpaired) electrons. The predicted molar refractivity (Wildman–Crippen MR) is 172 cm³/mol. The maximum absolute atomic E-state index is 14.6. The summed E-state index contributed by atoms with van der Waals surface area (Å²) in [6, 6.07) is 11.1. The minimum absolute atomic E-state index is 0.0625. The summed E-state index contributed by atoms with van der Waals surface area (Å²) in [5.74, 6) is 1.79. The number of aromatic amines is 1. The first-order chi connectivity index (χ1) is 21.5. The van der Waals surface area contributed by atoms with E-state index in [1.165, 1.54) is 0 Å². The number of carbonyl (C=O) groups is 2. The molecular weight excluding hydrogens is 568 g/mol. The number of nitrogens with one attached hydrogen (secondary N) is 2. The lowest BCUT2D eigenvalue weighted by Crippen LogP contribution is -2.51. The molecule has 2 aliphatic rings. The fourth-order valence-corrected chi connectivity index (χ4v) is 6.53. The predicted octanol–water partition coefficient (Wildman–Crippen LogP) is 5.66. The van der Waals surface area contributed by atoms with Gasteiger partial charge in [-0.3, -0.25) is 14.6 Å². The van der Waals surface area contributed by atoms with E-state index in [-0.39, 0.29) is 29.8 Å². The molecule has 0 saturated heterocycles. The van der Waals surface area contributed by atoms with Gasteiger partial charge in [0, 0.05) is 23.4 Å². The Kier molecular flexibility index (Phi) is 9.65. The highest BCUT2D eigenvalue weighted by Gasteiger charge is 2.52. The molecule has 1 atom stereocenters. The second-order valence-electron chi connectivity index (χ2n) is 13.8. The summed E-state index contributed by atoms with van der Waals surface area (Å²) in [5.41, 5.74) is 2.16. The first-order valence-electron chi connectivity index (χ1n) is 16.1. The Labute approximate surface area is 265 Å². The molecule has 1 unspecified atom stereocenters. The van der Waals surface area contributed by atoms with Crippen molar-refractivity contribution in [2.24, 2.45) is 22.2 Å². The highest BCUT2D eigenvalue weighted by molar-refractivity contribution is 6.46. The Balaban J connectivity index is 1.49. The van der Waals surface area contributed by atoms with Crippen LogP contribution in [0, 0.1) is 17.3 Å². The second kappa shape index (κ2) is 13.5. The molecule has 45 heavy (non-hydrogen) atoms. The topological polar surface area (TPSA) is 138 Å². The normalized spacial score (nSPS) is 20.9. The molecule has 11 nitrogen and oxygen atoms in total. The number of ether oxygens (including phenoxy) is 1. The van der Waals surface area contributed by atoms with Gasteiger partial charge in [0.2, 0.25) is 5.88 Å². The van der Waals surface area contributed by atoms with Crippen LogP contribution < -0.4 is 10.1 Å². The average Bonchev–Trinajstić information content (AvgIpc) is 3.63. The molecule has 5 rings (SSSR count). The number of H-pyrrole nitrogens is 1. The van der Waals surface area contributed by atoms with Crippen LogP contribution in [0.3, 0.4) is 0 Å². The summed E-state index contributed by atoms with van der Waals surface area (Å²) in [7, 11) is 0. The zero-order chi connectivity index (χ0) is 32.2. The van der Waals surface area contributed by atoms with E-state index < -0.39 is 5.66 Å². The van der Waals surface area contributed by atoms with Gasteiger partial charge in [-0.1, -0.05) is 52.0 Å². The molecule has 1 aliphatic heterocycles. The van der Waals surface area contributed by atoms with Crippen LogP contribution in [0.15, 0.2) is 47.6 Å². The zero-order valence-electron chi connectivity index (χ0n) is 27.3. The fraction of sp³-hybridized carbons (Fsp3) is 0.559. The lowest BCUT2D eigenvalue weighted by Gasteiger charge is -2.46. The SMILES string of the molecule is CCOc1cc(C2=NC3(CCC(C(C)C)CC3)N(C(CCC(C)(C)C)c3ccc(C(=O)NCc4nn[nH]n4)cc3)C2=O)ccn1. The van der Waals surface area contributed by atoms with E-state index in [4.69, 9.17) is 9.73 Å². The molecule has 0 bridgehead atoms. The number of carbonyl (C=O) groups excluding carboxylic acids is 2. The van der Waals surface area contributed by atoms with Gasteiger partial charge in [-0.15, -0.1) is 10.2 Å². The molecule has 1 aromatic carbocycles. The number of tetrazole rings is 1. The standard InChI is InChI=1S/C34H46N8O3/c1-7-45-29-20-26(15-19-35-29)30-32(44)42(34(37-30)17-12-23(13-18-34)22(2)3)27(14-16-33(4,5)6)24-8-10-25(11-9-24)31(43)36-21-28-38-40-41-39-28/h8-11,15,19-20,22-23,27H,7,12-14,16-18,21H2,1-6H3,(H,36,43)(H,38,39,40,41). The maximum Gasteiger partial charge on any atom is 0.275 e. The summed E-state index contributed by atoms with van der Waals surface area (Å²) in [5, 5.41) is 16.5. The number of amides is 2. The highest BCUT2D eigenvalue weighted by atomic mass is 16.5. The monoisotopic (exact) mass is 614 g/mol. The quantitative estimate of drug-likeness (QED) is 0.284. The maximum atomic E-state index is 14.6. The van der Waals surface area contributed by atoms with Crippen molar-refractivity contribution in [2.75, 3.05) is 6.61 Å². The summed E-state index contributed by atoms with van der Waals surface area (Å²) in [4.78, 5) is 39.2. The van der Waals surface area contributed by atoms with Crippen LogP contribution in [0.2, 0.25) is 0 Å². The number of aliphatic imine (C=N–C) groups is 1. The average molecular weight is 615 g/mol. The third-order valence-electron chi connectivity index (χ3n) is 9.10. The van der Waals surface area contributed by atoms with Gasteiger partial charge >= 0.3 is 0 Å². The molecule has 240 valence electrons. The van der Waals surface area contributed by atoms with E-state index in [1.807, 2.05) is 43.3 Å². The Morgan fingerprint density at radius 3 is 2.51 bits per heavy atom. The van der Waals surface area contributed by atoms with Gasteiger partial charge in [-0.25, -0.2) is 4.98 Å². The molecule has 3 heterocycles. The first-order valence-corrected chi connectivity index (χ1v) is 16.1. The van der Waals surface area contributed by atoms with E-state index in [0.717, 1.165) is 49.7 Å². The van der Waals surface area contributed by atoms with Crippen LogP contribution in [0.25, 0.3) is 0 Å². The summed E-state index contributed by atoms with van der Waals surface area (Å²) >= 11 is 0. The van der Waals surface area contributed by atoms with E-state index in [2.05, 4.69) is 70.4 Å². The molecule has 1 fully saturated rings. The zero-order valence-corrected chi connectivity index (χ0v) is 27.3. The lowest BCUT2D eigenvalue weighted by atomic mass is 9.75. The van der Waals surface area contributed by atoms with E-state index in [9.17, 15) is 9.59 Å². The van der Waals surface area contributed by atoms with Gasteiger partial charge in [0.1, 0.15) is 11.4 Å². The van der Waals surface area contributed by atoms with Crippen molar-refractivity contribution in [3.63, 3.8) is 0 Å². The van der Waals surface area contributed by atoms with Crippen LogP contribution in [0.4, 0.5) is 0 Å². The van der Waals surface area contributed by atoms with Crippen molar-refractivity contribution in [3.05, 3.63) is 65.1 Å². The van der Waals surface area contributed by atoms with Crippen molar-refractivity contribution in [2.45, 2.75) is 98.3 Å². The molecule has 11 heteroatoms. The van der Waals surface area contributed by atoms with Gasteiger partial charge in [0.25, 0.3) is 11.8 Å². The number of hydrogen-bond donors (Lipinski definition) is 2. The largest absolute Gasteiger partial charge is 0.478 e. The van der Waals surface area contributed by atoms with Gasteiger partial charge < -0.3 is 15.0 Å².